The first-order valence-corrected chi connectivity index (χ1v) is 11.6. The molecule has 2 amide bonds. The smallest absolute Gasteiger partial charge is 0.225 e. The van der Waals surface area contributed by atoms with Crippen LogP contribution in [0.25, 0.3) is 11.1 Å². The van der Waals surface area contributed by atoms with Crippen molar-refractivity contribution in [1.82, 2.24) is 9.88 Å². The molecule has 2 fully saturated rings. The van der Waals surface area contributed by atoms with Crippen LogP contribution in [-0.4, -0.2) is 34.8 Å². The summed E-state index contributed by atoms with van der Waals surface area (Å²) >= 11 is 0. The monoisotopic (exact) mass is 419 g/mol. The SMILES string of the molecule is NC(=O)C1(Cc2ccccc2-c2ccncc2)CCCN(C(=O)CC2CCCCC2)C1. The number of nitrogens with two attached hydrogens (primary N) is 1. The minimum Gasteiger partial charge on any atom is -0.369 e. The maximum absolute atomic E-state index is 13.1. The van der Waals surface area contributed by atoms with Crippen molar-refractivity contribution in [1.29, 1.82) is 0 Å². The molecule has 2 heterocycles. The number of nitrogens with zero attached hydrogens (tertiary/aromatic N) is 2. The summed E-state index contributed by atoms with van der Waals surface area (Å²) < 4.78 is 0. The van der Waals surface area contributed by atoms with Gasteiger partial charge in [0.05, 0.1) is 5.41 Å². The molecule has 0 spiro atoms. The number of piperidine rings is 1. The third-order valence-electron chi connectivity index (χ3n) is 7.18. The lowest BCUT2D eigenvalue weighted by atomic mass is 9.73. The number of rotatable bonds is 6. The van der Waals surface area contributed by atoms with Gasteiger partial charge in [0.2, 0.25) is 11.8 Å². The van der Waals surface area contributed by atoms with Crippen LogP contribution in [0.2, 0.25) is 0 Å². The first-order valence-electron chi connectivity index (χ1n) is 11.6. The Hall–Kier alpha value is -2.69. The van der Waals surface area contributed by atoms with E-state index in [0.717, 1.165) is 48.9 Å². The molecule has 1 aliphatic heterocycles. The summed E-state index contributed by atoms with van der Waals surface area (Å²) in [5.74, 6) is 0.394. The predicted molar refractivity (Wildman–Crippen MR) is 122 cm³/mol. The van der Waals surface area contributed by atoms with Crippen molar-refractivity contribution >= 4 is 11.8 Å². The van der Waals surface area contributed by atoms with E-state index in [9.17, 15) is 9.59 Å². The van der Waals surface area contributed by atoms with Crippen molar-refractivity contribution in [2.45, 2.75) is 57.8 Å². The molecule has 0 radical (unpaired) electrons. The van der Waals surface area contributed by atoms with E-state index in [1.807, 2.05) is 29.2 Å². The normalized spacial score (nSPS) is 22.3. The van der Waals surface area contributed by atoms with E-state index in [-0.39, 0.29) is 11.8 Å². The fourth-order valence-corrected chi connectivity index (χ4v) is 5.40. The van der Waals surface area contributed by atoms with Gasteiger partial charge in [-0.15, -0.1) is 0 Å². The zero-order chi connectivity index (χ0) is 21.7. The van der Waals surface area contributed by atoms with Crippen molar-refractivity contribution in [3.63, 3.8) is 0 Å². The van der Waals surface area contributed by atoms with Crippen LogP contribution in [-0.2, 0) is 16.0 Å². The average Bonchev–Trinajstić information content (AvgIpc) is 2.81. The molecular weight excluding hydrogens is 386 g/mol. The minimum absolute atomic E-state index is 0.194. The Morgan fingerprint density at radius 2 is 1.77 bits per heavy atom. The molecule has 0 bridgehead atoms. The highest BCUT2D eigenvalue weighted by Gasteiger charge is 2.42. The zero-order valence-corrected chi connectivity index (χ0v) is 18.3. The number of primary amides is 1. The second-order valence-electron chi connectivity index (χ2n) is 9.34. The molecular formula is C26H33N3O2. The van der Waals surface area contributed by atoms with Crippen LogP contribution in [0, 0.1) is 11.3 Å². The minimum atomic E-state index is -0.719. The van der Waals surface area contributed by atoms with Gasteiger partial charge in [-0.1, -0.05) is 43.5 Å². The van der Waals surface area contributed by atoms with Gasteiger partial charge in [0, 0.05) is 31.9 Å². The molecule has 31 heavy (non-hydrogen) atoms. The van der Waals surface area contributed by atoms with E-state index in [0.29, 0.717) is 25.3 Å². The van der Waals surface area contributed by atoms with E-state index in [4.69, 9.17) is 5.73 Å². The van der Waals surface area contributed by atoms with Gasteiger partial charge < -0.3 is 10.6 Å². The highest BCUT2D eigenvalue weighted by molar-refractivity contribution is 5.84. The molecule has 1 saturated carbocycles. The Morgan fingerprint density at radius 3 is 2.52 bits per heavy atom. The lowest BCUT2D eigenvalue weighted by Gasteiger charge is -2.41. The number of amides is 2. The largest absolute Gasteiger partial charge is 0.369 e. The van der Waals surface area contributed by atoms with E-state index in [1.54, 1.807) is 12.4 Å². The van der Waals surface area contributed by atoms with E-state index < -0.39 is 5.41 Å². The summed E-state index contributed by atoms with van der Waals surface area (Å²) in [4.78, 5) is 31.9. The number of carbonyl (C=O) groups is 2. The topological polar surface area (TPSA) is 76.3 Å². The predicted octanol–water partition coefficient (Wildman–Crippen LogP) is 4.36. The fraction of sp³-hybridized carbons (Fsp3) is 0.500. The average molecular weight is 420 g/mol. The van der Waals surface area contributed by atoms with Gasteiger partial charge >= 0.3 is 0 Å². The van der Waals surface area contributed by atoms with Crippen LogP contribution in [0.5, 0.6) is 0 Å². The van der Waals surface area contributed by atoms with Gasteiger partial charge in [0.25, 0.3) is 0 Å². The number of benzene rings is 1. The molecule has 2 N–H and O–H groups in total. The third kappa shape index (κ3) is 4.97. The molecule has 5 heteroatoms. The van der Waals surface area contributed by atoms with Crippen LogP contribution < -0.4 is 5.73 Å². The van der Waals surface area contributed by atoms with Crippen molar-refractivity contribution < 1.29 is 9.59 Å². The molecule has 1 saturated heterocycles. The van der Waals surface area contributed by atoms with Gasteiger partial charge in [0.15, 0.2) is 0 Å². The number of likely N-dealkylation sites (tertiary alicyclic amines) is 1. The molecule has 164 valence electrons. The summed E-state index contributed by atoms with van der Waals surface area (Å²) in [5.41, 5.74) is 8.54. The van der Waals surface area contributed by atoms with Gasteiger partial charge in [-0.05, 0) is 66.8 Å². The summed E-state index contributed by atoms with van der Waals surface area (Å²) in [5, 5.41) is 0. The van der Waals surface area contributed by atoms with Crippen LogP contribution in [0.1, 0.15) is 56.9 Å². The van der Waals surface area contributed by atoms with Crippen LogP contribution in [0.4, 0.5) is 0 Å². The molecule has 4 rings (SSSR count). The standard InChI is InChI=1S/C26H33N3O2/c27-25(31)26(18-22-9-4-5-10-23(22)21-11-14-28-15-12-21)13-6-16-29(19-26)24(30)17-20-7-2-1-3-8-20/h4-5,9-12,14-15,20H,1-3,6-8,13,16-19H2,(H2,27,31). The van der Waals surface area contributed by atoms with Crippen LogP contribution in [0.3, 0.4) is 0 Å². The lowest BCUT2D eigenvalue weighted by molar-refractivity contribution is -0.140. The van der Waals surface area contributed by atoms with E-state index >= 15 is 0 Å². The maximum Gasteiger partial charge on any atom is 0.225 e. The molecule has 1 aromatic heterocycles. The molecule has 1 atom stereocenters. The first-order chi connectivity index (χ1) is 15.1. The van der Waals surface area contributed by atoms with E-state index in [1.165, 1.54) is 19.3 Å². The molecule has 2 aliphatic rings. The highest BCUT2D eigenvalue weighted by Crippen LogP contribution is 2.37. The maximum atomic E-state index is 13.1. The number of carbonyl (C=O) groups excluding carboxylic acids is 2. The van der Waals surface area contributed by atoms with Crippen molar-refractivity contribution in [2.75, 3.05) is 13.1 Å². The Morgan fingerprint density at radius 1 is 1.03 bits per heavy atom. The number of aromatic nitrogens is 1. The van der Waals surface area contributed by atoms with Crippen molar-refractivity contribution in [2.24, 2.45) is 17.1 Å². The van der Waals surface area contributed by atoms with Gasteiger partial charge in [-0.2, -0.15) is 0 Å². The Kier molecular flexibility index (Phi) is 6.69. The fourth-order valence-electron chi connectivity index (χ4n) is 5.40. The second kappa shape index (κ2) is 9.63. The van der Waals surface area contributed by atoms with Gasteiger partial charge in [-0.3, -0.25) is 14.6 Å². The zero-order valence-electron chi connectivity index (χ0n) is 18.3. The number of hydrogen-bond acceptors (Lipinski definition) is 3. The van der Waals surface area contributed by atoms with Crippen molar-refractivity contribution in [3.05, 3.63) is 54.4 Å². The third-order valence-corrected chi connectivity index (χ3v) is 7.18. The summed E-state index contributed by atoms with van der Waals surface area (Å²) in [6.07, 6.45) is 12.3. The molecule has 5 nitrogen and oxygen atoms in total. The summed E-state index contributed by atoms with van der Waals surface area (Å²) in [7, 11) is 0. The Balaban J connectivity index is 1.54. The van der Waals surface area contributed by atoms with Gasteiger partial charge in [-0.25, -0.2) is 0 Å². The molecule has 1 aliphatic carbocycles. The van der Waals surface area contributed by atoms with Crippen LogP contribution in [0.15, 0.2) is 48.8 Å². The first kappa shape index (κ1) is 21.5. The molecule has 2 aromatic rings. The lowest BCUT2D eigenvalue weighted by Crippen LogP contribution is -2.53. The Labute approximate surface area is 185 Å². The van der Waals surface area contributed by atoms with E-state index in [2.05, 4.69) is 17.1 Å². The van der Waals surface area contributed by atoms with Crippen molar-refractivity contribution in [3.8, 4) is 11.1 Å². The van der Waals surface area contributed by atoms with Gasteiger partial charge in [0.1, 0.15) is 0 Å². The number of pyridine rings is 1. The summed E-state index contributed by atoms with van der Waals surface area (Å²) in [6.45, 7) is 1.16. The quantitative estimate of drug-likeness (QED) is 0.756. The second-order valence-corrected chi connectivity index (χ2v) is 9.34. The highest BCUT2D eigenvalue weighted by atomic mass is 16.2. The summed E-state index contributed by atoms with van der Waals surface area (Å²) in [6, 6.07) is 12.1. The molecule has 1 aromatic carbocycles. The molecule has 1 unspecified atom stereocenters. The number of hydrogen-bond donors (Lipinski definition) is 1. The Bertz CT molecular complexity index is 908. The van der Waals surface area contributed by atoms with Crippen LogP contribution >= 0.6 is 0 Å².